The van der Waals surface area contributed by atoms with E-state index in [1.54, 1.807) is 0 Å². The maximum atomic E-state index is 12.1. The van der Waals surface area contributed by atoms with E-state index in [-0.39, 0.29) is 12.2 Å². The van der Waals surface area contributed by atoms with Gasteiger partial charge in [-0.25, -0.2) is 8.78 Å². The Morgan fingerprint density at radius 3 is 3.00 bits per heavy atom. The van der Waals surface area contributed by atoms with Gasteiger partial charge in [-0.1, -0.05) is 0 Å². The average molecular weight is 162 g/mol. The van der Waals surface area contributed by atoms with Crippen LogP contribution < -0.4 is 0 Å². The molecule has 0 atom stereocenters. The van der Waals surface area contributed by atoms with E-state index in [1.807, 2.05) is 0 Å². The third kappa shape index (κ3) is 1.74. The summed E-state index contributed by atoms with van der Waals surface area (Å²) in [6.07, 6.45) is -1.38. The van der Waals surface area contributed by atoms with Gasteiger partial charge in [-0.15, -0.1) is 0 Å². The first kappa shape index (κ1) is 8.13. The van der Waals surface area contributed by atoms with Crippen LogP contribution >= 0.6 is 0 Å². The van der Waals surface area contributed by atoms with Gasteiger partial charge < -0.3 is 4.74 Å². The van der Waals surface area contributed by atoms with Crippen molar-refractivity contribution >= 4 is 0 Å². The first-order chi connectivity index (χ1) is 5.25. The molecule has 0 aliphatic carbocycles. The minimum atomic E-state index is -2.49. The summed E-state index contributed by atoms with van der Waals surface area (Å²) in [7, 11) is 1.44. The van der Waals surface area contributed by atoms with Gasteiger partial charge in [0.2, 0.25) is 0 Å². The molecule has 0 radical (unpaired) electrons. The van der Waals surface area contributed by atoms with Gasteiger partial charge in [-0.2, -0.15) is 5.10 Å². The molecular weight excluding hydrogens is 154 g/mol. The average Bonchev–Trinajstić information content (AvgIpc) is 2.36. The van der Waals surface area contributed by atoms with E-state index < -0.39 is 6.43 Å². The van der Waals surface area contributed by atoms with E-state index in [2.05, 4.69) is 14.9 Å². The van der Waals surface area contributed by atoms with Crippen molar-refractivity contribution in [2.75, 3.05) is 7.11 Å². The van der Waals surface area contributed by atoms with Gasteiger partial charge >= 0.3 is 0 Å². The number of nitrogens with one attached hydrogen (secondary N) is 1. The first-order valence-electron chi connectivity index (χ1n) is 3.05. The van der Waals surface area contributed by atoms with Crippen LogP contribution in [-0.4, -0.2) is 17.3 Å². The minimum Gasteiger partial charge on any atom is -0.378 e. The highest BCUT2D eigenvalue weighted by atomic mass is 19.3. The molecule has 1 aromatic heterocycles. The zero-order chi connectivity index (χ0) is 8.27. The number of hydrogen-bond acceptors (Lipinski definition) is 2. The van der Waals surface area contributed by atoms with Gasteiger partial charge in [0.25, 0.3) is 6.43 Å². The summed E-state index contributed by atoms with van der Waals surface area (Å²) >= 11 is 0. The second kappa shape index (κ2) is 3.43. The van der Waals surface area contributed by atoms with Gasteiger partial charge in [0, 0.05) is 7.11 Å². The van der Waals surface area contributed by atoms with Crippen molar-refractivity contribution in [3.05, 3.63) is 17.5 Å². The number of methoxy groups -OCH3 is 1. The Balaban J connectivity index is 2.78. The standard InChI is InChI=1S/C6H8F2N2O/c1-11-3-5-4(6(7)8)2-9-10-5/h2,6H,3H2,1H3,(H,9,10). The lowest BCUT2D eigenvalue weighted by Gasteiger charge is -1.98. The zero-order valence-electron chi connectivity index (χ0n) is 5.97. The van der Waals surface area contributed by atoms with Crippen LogP contribution in [0.15, 0.2) is 6.20 Å². The van der Waals surface area contributed by atoms with E-state index in [0.717, 1.165) is 6.20 Å². The molecule has 0 saturated carbocycles. The molecule has 1 rings (SSSR count). The van der Waals surface area contributed by atoms with Crippen LogP contribution in [-0.2, 0) is 11.3 Å². The quantitative estimate of drug-likeness (QED) is 0.731. The second-order valence-electron chi connectivity index (χ2n) is 2.04. The van der Waals surface area contributed by atoms with Gasteiger partial charge in [0.15, 0.2) is 0 Å². The molecule has 1 N–H and O–H groups in total. The molecule has 3 nitrogen and oxygen atoms in total. The smallest absolute Gasteiger partial charge is 0.267 e. The molecule has 1 aromatic rings. The van der Waals surface area contributed by atoms with Crippen LogP contribution in [0.4, 0.5) is 8.78 Å². The molecule has 1 heterocycles. The Hall–Kier alpha value is -0.970. The van der Waals surface area contributed by atoms with Crippen LogP contribution in [0.2, 0.25) is 0 Å². The molecule has 0 fully saturated rings. The SMILES string of the molecule is COCc1[nH]ncc1C(F)F. The summed E-state index contributed by atoms with van der Waals surface area (Å²) in [4.78, 5) is 0. The molecule has 11 heavy (non-hydrogen) atoms. The Morgan fingerprint density at radius 2 is 2.45 bits per heavy atom. The molecule has 0 bridgehead atoms. The maximum Gasteiger partial charge on any atom is 0.267 e. The van der Waals surface area contributed by atoms with Gasteiger partial charge in [0.05, 0.1) is 24.1 Å². The van der Waals surface area contributed by atoms with Gasteiger partial charge in [0.1, 0.15) is 0 Å². The molecule has 0 unspecified atom stereocenters. The van der Waals surface area contributed by atoms with Crippen molar-refractivity contribution in [3.8, 4) is 0 Å². The maximum absolute atomic E-state index is 12.1. The van der Waals surface area contributed by atoms with Crippen LogP contribution in [0.1, 0.15) is 17.7 Å². The topological polar surface area (TPSA) is 37.9 Å². The number of hydrogen-bond donors (Lipinski definition) is 1. The van der Waals surface area contributed by atoms with E-state index in [4.69, 9.17) is 0 Å². The summed E-state index contributed by atoms with van der Waals surface area (Å²) in [6.45, 7) is 0.139. The number of aromatic nitrogens is 2. The van der Waals surface area contributed by atoms with Crippen molar-refractivity contribution in [1.29, 1.82) is 0 Å². The number of nitrogens with zero attached hydrogens (tertiary/aromatic N) is 1. The predicted molar refractivity (Wildman–Crippen MR) is 34.3 cm³/mol. The lowest BCUT2D eigenvalue weighted by atomic mass is 10.3. The van der Waals surface area contributed by atoms with E-state index in [0.29, 0.717) is 5.69 Å². The van der Waals surface area contributed by atoms with E-state index >= 15 is 0 Å². The van der Waals surface area contributed by atoms with E-state index in [1.165, 1.54) is 7.11 Å². The summed E-state index contributed by atoms with van der Waals surface area (Å²) in [6, 6.07) is 0. The van der Waals surface area contributed by atoms with Crippen molar-refractivity contribution in [2.45, 2.75) is 13.0 Å². The summed E-state index contributed by atoms with van der Waals surface area (Å²) in [5.74, 6) is 0. The molecule has 0 aliphatic heterocycles. The molecule has 0 aromatic carbocycles. The monoisotopic (exact) mass is 162 g/mol. The zero-order valence-corrected chi connectivity index (χ0v) is 5.97. The summed E-state index contributed by atoms with van der Waals surface area (Å²) < 4.78 is 28.8. The highest BCUT2D eigenvalue weighted by Crippen LogP contribution is 2.20. The van der Waals surface area contributed by atoms with Crippen LogP contribution in [0.25, 0.3) is 0 Å². The van der Waals surface area contributed by atoms with Crippen LogP contribution in [0, 0.1) is 0 Å². The highest BCUT2D eigenvalue weighted by Gasteiger charge is 2.13. The van der Waals surface area contributed by atoms with Crippen molar-refractivity contribution in [3.63, 3.8) is 0 Å². The summed E-state index contributed by atoms with van der Waals surface area (Å²) in [5.41, 5.74) is 0.245. The fourth-order valence-electron chi connectivity index (χ4n) is 0.770. The van der Waals surface area contributed by atoms with Crippen LogP contribution in [0.3, 0.4) is 0 Å². The summed E-state index contributed by atoms with van der Waals surface area (Å²) in [5, 5.41) is 5.91. The first-order valence-corrected chi connectivity index (χ1v) is 3.05. The Morgan fingerprint density at radius 1 is 1.73 bits per heavy atom. The molecule has 0 aliphatic rings. The van der Waals surface area contributed by atoms with Crippen molar-refractivity contribution in [1.82, 2.24) is 10.2 Å². The number of H-pyrrole nitrogens is 1. The molecule has 5 heteroatoms. The predicted octanol–water partition coefficient (Wildman–Crippen LogP) is 1.49. The van der Waals surface area contributed by atoms with Gasteiger partial charge in [-0.3, -0.25) is 5.10 Å². The Bertz CT molecular complexity index is 224. The number of ether oxygens (including phenoxy) is 1. The van der Waals surface area contributed by atoms with Gasteiger partial charge in [-0.05, 0) is 0 Å². The molecular formula is C6H8F2N2O. The third-order valence-electron chi connectivity index (χ3n) is 1.28. The third-order valence-corrected chi connectivity index (χ3v) is 1.28. The Labute approximate surface area is 62.4 Å². The van der Waals surface area contributed by atoms with Crippen molar-refractivity contribution in [2.24, 2.45) is 0 Å². The number of alkyl halides is 2. The van der Waals surface area contributed by atoms with Crippen LogP contribution in [0.5, 0.6) is 0 Å². The van der Waals surface area contributed by atoms with E-state index in [9.17, 15) is 8.78 Å². The lowest BCUT2D eigenvalue weighted by molar-refractivity contribution is 0.140. The molecule has 0 saturated heterocycles. The fraction of sp³-hybridized carbons (Fsp3) is 0.500. The number of aromatic amines is 1. The lowest BCUT2D eigenvalue weighted by Crippen LogP contribution is -1.93. The largest absolute Gasteiger partial charge is 0.378 e. The molecule has 62 valence electrons. The molecule has 0 amide bonds. The van der Waals surface area contributed by atoms with Crippen molar-refractivity contribution < 1.29 is 13.5 Å². The number of rotatable bonds is 3. The fourth-order valence-corrected chi connectivity index (χ4v) is 0.770. The molecule has 0 spiro atoms. The normalized spacial score (nSPS) is 10.9. The highest BCUT2D eigenvalue weighted by molar-refractivity contribution is 5.16. The Kier molecular flexibility index (Phi) is 2.53. The number of halogens is 2. The minimum absolute atomic E-state index is 0.0909. The second-order valence-corrected chi connectivity index (χ2v) is 2.04.